The first-order valence-corrected chi connectivity index (χ1v) is 14.0. The number of hydrogen-bond acceptors (Lipinski definition) is 6. The van der Waals surface area contributed by atoms with Crippen LogP contribution in [0.3, 0.4) is 0 Å². The van der Waals surface area contributed by atoms with Crippen LogP contribution in [-0.4, -0.2) is 27.9 Å². The summed E-state index contributed by atoms with van der Waals surface area (Å²) in [6.07, 6.45) is 2.06. The van der Waals surface area contributed by atoms with Crippen LogP contribution in [0, 0.1) is 18.3 Å². The van der Waals surface area contributed by atoms with Gasteiger partial charge in [-0.2, -0.15) is 5.26 Å². The van der Waals surface area contributed by atoms with Gasteiger partial charge in [0.05, 0.1) is 12.3 Å². The number of ether oxygens (including phenoxy) is 3. The zero-order chi connectivity index (χ0) is 27.9. The average molecular weight is 537 g/mol. The number of benzene rings is 3. The molecule has 0 saturated heterocycles. The third-order valence-corrected chi connectivity index (χ3v) is 7.13. The largest absolute Gasteiger partial charge is 0.494 e. The Morgan fingerprint density at radius 3 is 2.52 bits per heavy atom. The molecule has 0 amide bonds. The summed E-state index contributed by atoms with van der Waals surface area (Å²) in [5, 5.41) is 10.2. The number of nitrogens with zero attached hydrogens (tertiary/aromatic N) is 4. The summed E-state index contributed by atoms with van der Waals surface area (Å²) in [6.45, 7) is 9.86. The zero-order valence-electron chi connectivity index (χ0n) is 23.5. The van der Waals surface area contributed by atoms with E-state index in [4.69, 9.17) is 19.2 Å². The Morgan fingerprint density at radius 1 is 0.950 bits per heavy atom. The van der Waals surface area contributed by atoms with Crippen molar-refractivity contribution in [3.8, 4) is 34.7 Å². The van der Waals surface area contributed by atoms with Crippen molar-refractivity contribution in [2.75, 3.05) is 13.4 Å². The zero-order valence-corrected chi connectivity index (χ0v) is 23.5. The highest BCUT2D eigenvalue weighted by Gasteiger charge is 2.22. The fourth-order valence-corrected chi connectivity index (χ4v) is 5.16. The van der Waals surface area contributed by atoms with Crippen LogP contribution in [0.4, 0.5) is 0 Å². The van der Waals surface area contributed by atoms with Crippen molar-refractivity contribution in [2.45, 2.75) is 59.8 Å². The molecule has 0 unspecified atom stereocenters. The fourth-order valence-electron chi connectivity index (χ4n) is 5.16. The van der Waals surface area contributed by atoms with Crippen molar-refractivity contribution in [1.82, 2.24) is 14.5 Å². The fraction of sp³-hybridized carbons (Fsp3) is 0.333. The molecule has 1 aliphatic rings. The molecule has 7 nitrogen and oxygen atoms in total. The Labute approximate surface area is 236 Å². The lowest BCUT2D eigenvalue weighted by molar-refractivity contribution is 0.174. The monoisotopic (exact) mass is 536 g/mol. The minimum Gasteiger partial charge on any atom is -0.494 e. The molecule has 7 heteroatoms. The molecule has 4 aromatic rings. The van der Waals surface area contributed by atoms with Gasteiger partial charge >= 0.3 is 0 Å². The van der Waals surface area contributed by atoms with Crippen molar-refractivity contribution < 1.29 is 14.2 Å². The summed E-state index contributed by atoms with van der Waals surface area (Å²) in [6, 6.07) is 25.0. The minimum absolute atomic E-state index is 0.247. The smallest absolute Gasteiger partial charge is 0.231 e. The average Bonchev–Trinajstić information content (AvgIpc) is 3.56. The van der Waals surface area contributed by atoms with E-state index < -0.39 is 0 Å². The second-order valence-electron chi connectivity index (χ2n) is 10.1. The van der Waals surface area contributed by atoms with Crippen molar-refractivity contribution >= 4 is 0 Å². The predicted molar refractivity (Wildman–Crippen MR) is 155 cm³/mol. The van der Waals surface area contributed by atoms with E-state index in [2.05, 4.69) is 59.7 Å². The highest BCUT2D eigenvalue weighted by atomic mass is 16.7. The van der Waals surface area contributed by atoms with Gasteiger partial charge in [0.2, 0.25) is 6.79 Å². The molecule has 0 radical (unpaired) electrons. The van der Waals surface area contributed by atoms with Gasteiger partial charge in [0.25, 0.3) is 0 Å². The van der Waals surface area contributed by atoms with Gasteiger partial charge in [0, 0.05) is 31.7 Å². The molecule has 206 valence electrons. The number of nitriles is 1. The van der Waals surface area contributed by atoms with Crippen molar-refractivity contribution in [3.05, 3.63) is 94.8 Å². The molecule has 0 spiro atoms. The van der Waals surface area contributed by atoms with Crippen LogP contribution in [-0.2, 0) is 26.2 Å². The maximum Gasteiger partial charge on any atom is 0.231 e. The maximum atomic E-state index is 10.2. The first kappa shape index (κ1) is 27.3. The SMILES string of the molecule is CCCCn1c(-c2ccccc2C)nc(C#N)c1CN(Cc1cccc(OCC)c1)Cc1ccc2c(c1)OCO2. The Kier molecular flexibility index (Phi) is 8.68. The molecule has 40 heavy (non-hydrogen) atoms. The molecule has 1 aromatic heterocycles. The molecule has 3 aromatic carbocycles. The molecule has 0 aliphatic carbocycles. The van der Waals surface area contributed by atoms with Gasteiger partial charge in [0.1, 0.15) is 17.6 Å². The van der Waals surface area contributed by atoms with Crippen LogP contribution in [0.5, 0.6) is 17.2 Å². The lowest BCUT2D eigenvalue weighted by Crippen LogP contribution is -2.25. The molecule has 0 atom stereocenters. The predicted octanol–water partition coefficient (Wildman–Crippen LogP) is 6.86. The van der Waals surface area contributed by atoms with E-state index in [1.807, 2.05) is 43.3 Å². The number of hydrogen-bond donors (Lipinski definition) is 0. The van der Waals surface area contributed by atoms with E-state index in [0.29, 0.717) is 31.9 Å². The number of aryl methyl sites for hydroxylation is 1. The summed E-state index contributed by atoms with van der Waals surface area (Å²) >= 11 is 0. The summed E-state index contributed by atoms with van der Waals surface area (Å²) in [5.41, 5.74) is 5.88. The van der Waals surface area contributed by atoms with E-state index in [1.165, 1.54) is 0 Å². The number of aromatic nitrogens is 2. The Balaban J connectivity index is 1.53. The summed E-state index contributed by atoms with van der Waals surface area (Å²) in [7, 11) is 0. The Bertz CT molecular complexity index is 1500. The van der Waals surface area contributed by atoms with E-state index in [0.717, 1.165) is 70.4 Å². The molecular weight excluding hydrogens is 500 g/mol. The van der Waals surface area contributed by atoms with Gasteiger partial charge in [0.15, 0.2) is 17.2 Å². The molecule has 0 fully saturated rings. The minimum atomic E-state index is 0.247. The van der Waals surface area contributed by atoms with Crippen LogP contribution in [0.1, 0.15) is 54.8 Å². The van der Waals surface area contributed by atoms with E-state index in [-0.39, 0.29) is 6.79 Å². The lowest BCUT2D eigenvalue weighted by atomic mass is 10.1. The first-order valence-electron chi connectivity index (χ1n) is 14.0. The second-order valence-corrected chi connectivity index (χ2v) is 10.1. The summed E-state index contributed by atoms with van der Waals surface area (Å²) in [4.78, 5) is 7.24. The number of rotatable bonds is 12. The summed E-state index contributed by atoms with van der Waals surface area (Å²) in [5.74, 6) is 3.25. The van der Waals surface area contributed by atoms with Gasteiger partial charge in [-0.1, -0.05) is 55.8 Å². The third kappa shape index (κ3) is 6.13. The van der Waals surface area contributed by atoms with Crippen LogP contribution in [0.2, 0.25) is 0 Å². The first-order chi connectivity index (χ1) is 19.6. The Morgan fingerprint density at radius 2 is 1.75 bits per heavy atom. The maximum absolute atomic E-state index is 10.2. The van der Waals surface area contributed by atoms with Crippen molar-refractivity contribution in [2.24, 2.45) is 0 Å². The van der Waals surface area contributed by atoms with Crippen molar-refractivity contribution in [1.29, 1.82) is 5.26 Å². The van der Waals surface area contributed by atoms with Gasteiger partial charge in [-0.25, -0.2) is 4.98 Å². The molecule has 5 rings (SSSR count). The number of fused-ring (bicyclic) bond motifs is 1. The standard InChI is InChI=1S/C33H36N4O3/c1-4-6-16-37-30(29(19-34)35-33(37)28-13-8-7-10-24(28)3)22-36(20-25-11-9-12-27(17-25)38-5-2)21-26-14-15-31-32(18-26)40-23-39-31/h7-15,17-18H,4-6,16,20-23H2,1-3H3. The van der Waals surface area contributed by atoms with E-state index in [1.54, 1.807) is 0 Å². The third-order valence-electron chi connectivity index (χ3n) is 7.13. The summed E-state index contributed by atoms with van der Waals surface area (Å²) < 4.78 is 19.2. The number of unbranched alkanes of at least 4 members (excludes halogenated alkanes) is 1. The molecule has 2 heterocycles. The molecular formula is C33H36N4O3. The van der Waals surface area contributed by atoms with Gasteiger partial charge in [-0.15, -0.1) is 0 Å². The van der Waals surface area contributed by atoms with Crippen LogP contribution in [0.15, 0.2) is 66.7 Å². The van der Waals surface area contributed by atoms with E-state index >= 15 is 0 Å². The van der Waals surface area contributed by atoms with Crippen LogP contribution >= 0.6 is 0 Å². The van der Waals surface area contributed by atoms with Crippen molar-refractivity contribution in [3.63, 3.8) is 0 Å². The van der Waals surface area contributed by atoms with E-state index in [9.17, 15) is 5.26 Å². The molecule has 0 saturated carbocycles. The molecule has 0 N–H and O–H groups in total. The van der Waals surface area contributed by atoms with Crippen LogP contribution in [0.25, 0.3) is 11.4 Å². The highest BCUT2D eigenvalue weighted by molar-refractivity contribution is 5.62. The normalized spacial score (nSPS) is 12.1. The van der Waals surface area contributed by atoms with Crippen LogP contribution < -0.4 is 14.2 Å². The number of imidazole rings is 1. The highest BCUT2D eigenvalue weighted by Crippen LogP contribution is 2.33. The van der Waals surface area contributed by atoms with Gasteiger partial charge in [-0.3, -0.25) is 4.90 Å². The topological polar surface area (TPSA) is 72.5 Å². The van der Waals surface area contributed by atoms with Gasteiger partial charge in [-0.05, 0) is 61.2 Å². The molecule has 0 bridgehead atoms. The quantitative estimate of drug-likeness (QED) is 0.197. The second kappa shape index (κ2) is 12.7. The molecule has 1 aliphatic heterocycles. The van der Waals surface area contributed by atoms with Gasteiger partial charge < -0.3 is 18.8 Å². The Hall–Kier alpha value is -4.28. The lowest BCUT2D eigenvalue weighted by Gasteiger charge is -2.24.